The second-order valence-electron chi connectivity index (χ2n) is 4.56. The zero-order valence-corrected chi connectivity index (χ0v) is 13.3. The molecule has 0 fully saturated rings. The van der Waals surface area contributed by atoms with E-state index in [9.17, 15) is 4.79 Å². The standard InChI is InChI=1S/C16H14N2O2.BrH/c1-11-17-16(19)12-7-3-4-8-13(12)18(11)14-9-5-6-10-15(14)20-2;/h3-10H,1-2H3;1H. The third-order valence-corrected chi connectivity index (χ3v) is 3.35. The van der Waals surface area contributed by atoms with Gasteiger partial charge >= 0.3 is 5.56 Å². The molecule has 0 bridgehead atoms. The largest absolute Gasteiger partial charge is 1.00 e. The predicted octanol–water partition coefficient (Wildman–Crippen LogP) is -0.874. The molecule has 0 saturated heterocycles. The molecular weight excluding hydrogens is 332 g/mol. The number of fused-ring (bicyclic) bond motifs is 1. The Morgan fingerprint density at radius 2 is 1.71 bits per heavy atom. The Balaban J connectivity index is 0.00000161. The van der Waals surface area contributed by atoms with Crippen LogP contribution in [0.25, 0.3) is 16.6 Å². The van der Waals surface area contributed by atoms with Crippen LogP contribution in [0.4, 0.5) is 0 Å². The van der Waals surface area contributed by atoms with Gasteiger partial charge in [-0.05, 0) is 24.3 Å². The number of halogens is 1. The van der Waals surface area contributed by atoms with Gasteiger partial charge in [-0.25, -0.2) is 9.78 Å². The molecular formula is C16H15BrN2O2. The molecule has 0 aliphatic carbocycles. The normalized spacial score (nSPS) is 10.2. The maximum Gasteiger partial charge on any atom is 0.343 e. The van der Waals surface area contributed by atoms with Crippen LogP contribution in [0.1, 0.15) is 5.82 Å². The number of aromatic amines is 1. The van der Waals surface area contributed by atoms with E-state index in [0.717, 1.165) is 22.8 Å². The Morgan fingerprint density at radius 3 is 2.48 bits per heavy atom. The first-order valence-electron chi connectivity index (χ1n) is 6.39. The van der Waals surface area contributed by atoms with Crippen molar-refractivity contribution in [3.8, 4) is 11.4 Å². The molecule has 3 aromatic rings. The Hall–Kier alpha value is -2.14. The van der Waals surface area contributed by atoms with E-state index in [1.165, 1.54) is 0 Å². The number of H-pyrrole nitrogens is 1. The fourth-order valence-electron chi connectivity index (χ4n) is 2.45. The monoisotopic (exact) mass is 346 g/mol. The van der Waals surface area contributed by atoms with E-state index < -0.39 is 0 Å². The number of hydrogen-bond acceptors (Lipinski definition) is 2. The molecule has 0 aliphatic rings. The predicted molar refractivity (Wildman–Crippen MR) is 77.4 cm³/mol. The van der Waals surface area contributed by atoms with Gasteiger partial charge in [-0.15, -0.1) is 0 Å². The maximum atomic E-state index is 12.0. The lowest BCUT2D eigenvalue weighted by molar-refractivity contribution is -0.578. The van der Waals surface area contributed by atoms with Gasteiger partial charge in [0.2, 0.25) is 0 Å². The number of aryl methyl sites for hydroxylation is 1. The van der Waals surface area contributed by atoms with E-state index in [-0.39, 0.29) is 22.5 Å². The fraction of sp³-hybridized carbons (Fsp3) is 0.125. The molecule has 0 aliphatic heterocycles. The highest BCUT2D eigenvalue weighted by atomic mass is 79.9. The smallest absolute Gasteiger partial charge is 0.343 e. The summed E-state index contributed by atoms with van der Waals surface area (Å²) in [5.41, 5.74) is 1.68. The summed E-state index contributed by atoms with van der Waals surface area (Å²) in [4.78, 5) is 14.9. The Kier molecular flexibility index (Phi) is 4.43. The highest BCUT2D eigenvalue weighted by molar-refractivity contribution is 5.74. The van der Waals surface area contributed by atoms with E-state index in [4.69, 9.17) is 4.74 Å². The molecule has 1 heterocycles. The molecule has 0 atom stereocenters. The Bertz CT molecular complexity index is 843. The van der Waals surface area contributed by atoms with Crippen LogP contribution in [0.2, 0.25) is 0 Å². The first-order valence-corrected chi connectivity index (χ1v) is 6.39. The van der Waals surface area contributed by atoms with Gasteiger partial charge < -0.3 is 21.7 Å². The molecule has 2 aromatic carbocycles. The molecule has 3 rings (SSSR count). The number of para-hydroxylation sites is 3. The van der Waals surface area contributed by atoms with E-state index in [1.54, 1.807) is 7.11 Å². The van der Waals surface area contributed by atoms with Gasteiger partial charge in [-0.3, -0.25) is 0 Å². The summed E-state index contributed by atoms with van der Waals surface area (Å²) in [7, 11) is 1.64. The topological polar surface area (TPSA) is 46.0 Å². The van der Waals surface area contributed by atoms with Crippen LogP contribution in [0.15, 0.2) is 53.3 Å². The SMILES string of the molecule is COc1ccccc1-[n+]1c(C)[nH]c(=O)c2ccccc21.[Br-]. The van der Waals surface area contributed by atoms with Crippen molar-refractivity contribution in [1.29, 1.82) is 0 Å². The van der Waals surface area contributed by atoms with Gasteiger partial charge in [0.05, 0.1) is 7.11 Å². The average Bonchev–Trinajstić information content (AvgIpc) is 2.48. The lowest BCUT2D eigenvalue weighted by Crippen LogP contribution is -3.00. The zero-order chi connectivity index (χ0) is 14.1. The number of hydrogen-bond donors (Lipinski definition) is 1. The summed E-state index contributed by atoms with van der Waals surface area (Å²) in [5.74, 6) is 1.52. The number of nitrogens with zero attached hydrogens (tertiary/aromatic N) is 1. The number of methoxy groups -OCH3 is 1. The first-order chi connectivity index (χ1) is 9.72. The van der Waals surface area contributed by atoms with E-state index in [2.05, 4.69) is 4.98 Å². The number of rotatable bonds is 2. The summed E-state index contributed by atoms with van der Waals surface area (Å²) in [6.07, 6.45) is 0. The Morgan fingerprint density at radius 1 is 1.05 bits per heavy atom. The number of benzene rings is 2. The summed E-state index contributed by atoms with van der Waals surface area (Å²) in [5, 5.41) is 0.656. The van der Waals surface area contributed by atoms with Crippen molar-refractivity contribution in [3.63, 3.8) is 0 Å². The second-order valence-corrected chi connectivity index (χ2v) is 4.56. The molecule has 0 unspecified atom stereocenters. The highest BCUT2D eigenvalue weighted by Gasteiger charge is 2.18. The number of ether oxygens (including phenoxy) is 1. The molecule has 0 saturated carbocycles. The Labute approximate surface area is 132 Å². The summed E-state index contributed by atoms with van der Waals surface area (Å²) >= 11 is 0. The summed E-state index contributed by atoms with van der Waals surface area (Å²) in [6.45, 7) is 1.88. The molecule has 108 valence electrons. The molecule has 0 radical (unpaired) electrons. The maximum absolute atomic E-state index is 12.0. The van der Waals surface area contributed by atoms with Gasteiger partial charge in [0.25, 0.3) is 5.82 Å². The minimum atomic E-state index is -0.0794. The van der Waals surface area contributed by atoms with Crippen molar-refractivity contribution in [3.05, 3.63) is 64.7 Å². The number of aromatic nitrogens is 2. The molecule has 5 heteroatoms. The van der Waals surface area contributed by atoms with Crippen molar-refractivity contribution in [2.75, 3.05) is 7.11 Å². The van der Waals surface area contributed by atoms with E-state index in [0.29, 0.717) is 5.39 Å². The zero-order valence-electron chi connectivity index (χ0n) is 11.8. The van der Waals surface area contributed by atoms with E-state index in [1.807, 2.05) is 60.0 Å². The van der Waals surface area contributed by atoms with Gasteiger partial charge in [-0.2, -0.15) is 4.57 Å². The van der Waals surface area contributed by atoms with Crippen LogP contribution in [-0.4, -0.2) is 12.1 Å². The van der Waals surface area contributed by atoms with Gasteiger partial charge in [0, 0.05) is 6.92 Å². The van der Waals surface area contributed by atoms with Crippen LogP contribution >= 0.6 is 0 Å². The lowest BCUT2D eigenvalue weighted by atomic mass is 10.2. The van der Waals surface area contributed by atoms with Gasteiger partial charge in [0.1, 0.15) is 10.9 Å². The quantitative estimate of drug-likeness (QED) is 0.613. The summed E-state index contributed by atoms with van der Waals surface area (Å²) in [6, 6.07) is 15.3. The first kappa shape index (κ1) is 15.3. The van der Waals surface area contributed by atoms with Gasteiger partial charge in [-0.1, -0.05) is 24.3 Å². The number of nitrogens with one attached hydrogen (secondary N) is 1. The third kappa shape index (κ3) is 2.56. The lowest BCUT2D eigenvalue weighted by Gasteiger charge is -2.10. The minimum Gasteiger partial charge on any atom is -1.00 e. The fourth-order valence-corrected chi connectivity index (χ4v) is 2.45. The van der Waals surface area contributed by atoms with Gasteiger partial charge in [0.15, 0.2) is 11.4 Å². The summed E-state index contributed by atoms with van der Waals surface area (Å²) < 4.78 is 7.42. The second kappa shape index (κ2) is 6.10. The minimum absolute atomic E-state index is 0. The molecule has 4 nitrogen and oxygen atoms in total. The molecule has 0 amide bonds. The van der Waals surface area contributed by atoms with Crippen LogP contribution in [0.3, 0.4) is 0 Å². The van der Waals surface area contributed by atoms with Crippen molar-refractivity contribution >= 4 is 10.9 Å². The molecule has 1 N–H and O–H groups in total. The van der Waals surface area contributed by atoms with Crippen LogP contribution in [-0.2, 0) is 0 Å². The van der Waals surface area contributed by atoms with Crippen molar-refractivity contribution in [2.24, 2.45) is 0 Å². The van der Waals surface area contributed by atoms with Crippen LogP contribution in [0, 0.1) is 6.92 Å². The van der Waals surface area contributed by atoms with Crippen LogP contribution in [0.5, 0.6) is 5.75 Å². The van der Waals surface area contributed by atoms with E-state index >= 15 is 0 Å². The molecule has 21 heavy (non-hydrogen) atoms. The average molecular weight is 347 g/mol. The van der Waals surface area contributed by atoms with Crippen molar-refractivity contribution in [1.82, 2.24) is 4.98 Å². The van der Waals surface area contributed by atoms with Crippen LogP contribution < -0.4 is 31.8 Å². The third-order valence-electron chi connectivity index (χ3n) is 3.35. The van der Waals surface area contributed by atoms with Crippen molar-refractivity contribution < 1.29 is 26.3 Å². The molecule has 1 aromatic heterocycles. The highest BCUT2D eigenvalue weighted by Crippen LogP contribution is 2.19. The molecule has 0 spiro atoms. The van der Waals surface area contributed by atoms with Crippen molar-refractivity contribution in [2.45, 2.75) is 6.92 Å².